The first kappa shape index (κ1) is 40.5. The Morgan fingerprint density at radius 2 is 1.26 bits per heavy atom. The van der Waals surface area contributed by atoms with E-state index in [0.29, 0.717) is 12.5 Å². The van der Waals surface area contributed by atoms with E-state index in [0.717, 1.165) is 8.95 Å². The molecule has 0 saturated heterocycles. The molecule has 3 N–H and O–H groups in total. The number of aromatic nitrogens is 2. The smallest absolute Gasteiger partial charge is 0.407 e. The Bertz CT molecular complexity index is 1060. The third-order valence-corrected chi connectivity index (χ3v) is 5.95. The number of amides is 2. The van der Waals surface area contributed by atoms with Crippen LogP contribution in [0.5, 0.6) is 5.88 Å². The van der Waals surface area contributed by atoms with Gasteiger partial charge in [0.15, 0.2) is 0 Å². The quantitative estimate of drug-likeness (QED) is 0.241. The second kappa shape index (κ2) is 19.7. The Balaban J connectivity index is 0.000000685. The Labute approximate surface area is 272 Å². The van der Waals surface area contributed by atoms with Crippen molar-refractivity contribution in [2.45, 2.75) is 92.5 Å². The highest BCUT2D eigenvalue weighted by Crippen LogP contribution is 2.14. The number of carbonyl (C=O) groups excluding carboxylic acids is 2. The van der Waals surface area contributed by atoms with Crippen LogP contribution in [0, 0.1) is 17.8 Å². The zero-order valence-corrected chi connectivity index (χ0v) is 29.9. The van der Waals surface area contributed by atoms with Gasteiger partial charge >= 0.3 is 12.2 Å². The standard InChI is InChI=1S/C15H23BrN2O3.C10H21NO3.C5H3BrFN/c1-10(2)12(18-14(19)21-15(3,4)5)9-20-13-7-6-11(16)8-17-13;1-7(2)8(6-12)11-9(13)14-10(3,4)5;6-4-1-2-5(7)8-3-4/h6-8,10,12H,9H2,1-5H3,(H,18,19);7-8,12H,6H2,1-5H3,(H,11,13);1-3H/t12-;8-;/m11./s1. The number of aliphatic hydroxyl groups is 1. The van der Waals surface area contributed by atoms with Gasteiger partial charge in [0.05, 0.1) is 18.7 Å². The molecule has 13 heteroatoms. The fourth-order valence-electron chi connectivity index (χ4n) is 2.72. The molecule has 0 fully saturated rings. The number of rotatable bonds is 8. The van der Waals surface area contributed by atoms with Gasteiger partial charge in [0.25, 0.3) is 0 Å². The first-order valence-corrected chi connectivity index (χ1v) is 15.4. The number of carbonyl (C=O) groups is 2. The van der Waals surface area contributed by atoms with Gasteiger partial charge in [-0.1, -0.05) is 27.7 Å². The van der Waals surface area contributed by atoms with E-state index in [-0.39, 0.29) is 30.5 Å². The fraction of sp³-hybridized carbons (Fsp3) is 0.600. The van der Waals surface area contributed by atoms with Crippen LogP contribution < -0.4 is 15.4 Å². The lowest BCUT2D eigenvalue weighted by molar-refractivity contribution is 0.0454. The molecule has 0 aliphatic carbocycles. The van der Waals surface area contributed by atoms with Gasteiger partial charge in [-0.3, -0.25) is 0 Å². The average Bonchev–Trinajstić information content (AvgIpc) is 2.86. The topological polar surface area (TPSA) is 132 Å². The number of nitrogens with zero attached hydrogens (tertiary/aromatic N) is 2. The largest absolute Gasteiger partial charge is 0.475 e. The molecular formula is C30H47Br2FN4O6. The highest BCUT2D eigenvalue weighted by Gasteiger charge is 2.22. The first-order valence-electron chi connectivity index (χ1n) is 13.8. The van der Waals surface area contributed by atoms with E-state index in [1.165, 1.54) is 12.3 Å². The molecule has 2 aromatic rings. The molecule has 10 nitrogen and oxygen atoms in total. The summed E-state index contributed by atoms with van der Waals surface area (Å²) in [5.41, 5.74) is -1.01. The molecule has 0 unspecified atom stereocenters. The molecule has 0 aliphatic heterocycles. The van der Waals surface area contributed by atoms with Gasteiger partial charge in [0.1, 0.15) is 17.8 Å². The van der Waals surface area contributed by atoms with Crippen LogP contribution in [-0.4, -0.2) is 63.8 Å². The van der Waals surface area contributed by atoms with Gasteiger partial charge in [-0.15, -0.1) is 0 Å². The molecule has 2 heterocycles. The van der Waals surface area contributed by atoms with Crippen LogP contribution in [0.1, 0.15) is 69.2 Å². The number of aliphatic hydroxyl groups excluding tert-OH is 1. The second-order valence-electron chi connectivity index (χ2n) is 12.1. The molecule has 244 valence electrons. The Morgan fingerprint density at radius 3 is 1.58 bits per heavy atom. The van der Waals surface area contributed by atoms with Crippen LogP contribution in [-0.2, 0) is 9.47 Å². The van der Waals surface area contributed by atoms with Gasteiger partial charge in [0, 0.05) is 27.4 Å². The van der Waals surface area contributed by atoms with Crippen molar-refractivity contribution < 1.29 is 33.3 Å². The highest BCUT2D eigenvalue weighted by molar-refractivity contribution is 9.10. The second-order valence-corrected chi connectivity index (χ2v) is 13.9. The van der Waals surface area contributed by atoms with E-state index in [9.17, 15) is 14.0 Å². The van der Waals surface area contributed by atoms with Crippen molar-refractivity contribution in [3.8, 4) is 5.88 Å². The molecule has 2 rings (SSSR count). The maximum atomic E-state index is 12.0. The van der Waals surface area contributed by atoms with Crippen molar-refractivity contribution in [1.29, 1.82) is 0 Å². The molecule has 2 atom stereocenters. The fourth-order valence-corrected chi connectivity index (χ4v) is 3.19. The number of halogens is 3. The summed E-state index contributed by atoms with van der Waals surface area (Å²) in [6, 6.07) is 6.13. The molecule has 0 spiro atoms. The Kier molecular flexibility index (Phi) is 18.6. The van der Waals surface area contributed by atoms with Gasteiger partial charge in [-0.25, -0.2) is 19.6 Å². The molecule has 0 radical (unpaired) electrons. The van der Waals surface area contributed by atoms with Gasteiger partial charge in [-0.2, -0.15) is 4.39 Å². The normalized spacial score (nSPS) is 12.6. The van der Waals surface area contributed by atoms with E-state index >= 15 is 0 Å². The first-order chi connectivity index (χ1) is 19.7. The van der Waals surface area contributed by atoms with Crippen LogP contribution in [0.3, 0.4) is 0 Å². The molecular weight excluding hydrogens is 691 g/mol. The van der Waals surface area contributed by atoms with Crippen LogP contribution >= 0.6 is 31.9 Å². The number of pyridine rings is 2. The molecule has 2 amide bonds. The minimum Gasteiger partial charge on any atom is -0.475 e. The van der Waals surface area contributed by atoms with E-state index in [1.54, 1.807) is 39.1 Å². The summed E-state index contributed by atoms with van der Waals surface area (Å²) in [4.78, 5) is 30.6. The van der Waals surface area contributed by atoms with E-state index in [2.05, 4.69) is 52.5 Å². The molecule has 0 saturated carbocycles. The summed E-state index contributed by atoms with van der Waals surface area (Å²) in [7, 11) is 0. The lowest BCUT2D eigenvalue weighted by atomic mass is 10.1. The predicted octanol–water partition coefficient (Wildman–Crippen LogP) is 7.28. The van der Waals surface area contributed by atoms with Crippen molar-refractivity contribution in [1.82, 2.24) is 20.6 Å². The number of alkyl carbamates (subject to hydrolysis) is 2. The van der Waals surface area contributed by atoms with Crippen molar-refractivity contribution in [3.63, 3.8) is 0 Å². The Morgan fingerprint density at radius 1 is 0.814 bits per heavy atom. The highest BCUT2D eigenvalue weighted by atomic mass is 79.9. The van der Waals surface area contributed by atoms with Crippen LogP contribution in [0.4, 0.5) is 14.0 Å². The van der Waals surface area contributed by atoms with Crippen molar-refractivity contribution >= 4 is 44.0 Å². The number of nitrogens with one attached hydrogen (secondary N) is 2. The summed E-state index contributed by atoms with van der Waals surface area (Å²) >= 11 is 6.43. The van der Waals surface area contributed by atoms with Crippen LogP contribution in [0.15, 0.2) is 45.6 Å². The summed E-state index contributed by atoms with van der Waals surface area (Å²) in [5, 5.41) is 14.4. The minimum atomic E-state index is -0.514. The van der Waals surface area contributed by atoms with Gasteiger partial charge < -0.3 is 30.0 Å². The Hall–Kier alpha value is -2.51. The van der Waals surface area contributed by atoms with E-state index < -0.39 is 29.3 Å². The lowest BCUT2D eigenvalue weighted by Gasteiger charge is -2.25. The van der Waals surface area contributed by atoms with Crippen molar-refractivity contribution in [2.75, 3.05) is 13.2 Å². The molecule has 2 aromatic heterocycles. The molecule has 0 bridgehead atoms. The number of hydrogen-bond donors (Lipinski definition) is 3. The molecule has 0 aromatic carbocycles. The maximum Gasteiger partial charge on any atom is 0.407 e. The molecule has 0 aliphatic rings. The van der Waals surface area contributed by atoms with E-state index in [4.69, 9.17) is 19.3 Å². The van der Waals surface area contributed by atoms with Crippen molar-refractivity contribution in [3.05, 3.63) is 51.6 Å². The molecule has 43 heavy (non-hydrogen) atoms. The summed E-state index contributed by atoms with van der Waals surface area (Å²) in [6.07, 6.45) is 2.16. The third kappa shape index (κ3) is 21.8. The van der Waals surface area contributed by atoms with E-state index in [1.807, 2.05) is 54.5 Å². The summed E-state index contributed by atoms with van der Waals surface area (Å²) < 4.78 is 29.6. The third-order valence-electron chi connectivity index (χ3n) is 5.01. The zero-order valence-electron chi connectivity index (χ0n) is 26.7. The number of hydrogen-bond acceptors (Lipinski definition) is 8. The van der Waals surface area contributed by atoms with Crippen molar-refractivity contribution in [2.24, 2.45) is 11.8 Å². The predicted molar refractivity (Wildman–Crippen MR) is 172 cm³/mol. The van der Waals surface area contributed by atoms with Gasteiger partial charge in [0.2, 0.25) is 11.8 Å². The van der Waals surface area contributed by atoms with Crippen LogP contribution in [0.2, 0.25) is 0 Å². The average molecular weight is 739 g/mol. The zero-order chi connectivity index (χ0) is 33.4. The SMILES string of the molecule is CC(C)[C@@H](CO)NC(=O)OC(C)(C)C.CC(C)[C@@H](COc1ccc(Br)cn1)NC(=O)OC(C)(C)C.Fc1ccc(Br)cn1. The van der Waals surface area contributed by atoms with Crippen LogP contribution in [0.25, 0.3) is 0 Å². The number of ether oxygens (including phenoxy) is 3. The summed E-state index contributed by atoms with van der Waals surface area (Å²) in [6.45, 7) is 19.1. The minimum absolute atomic E-state index is 0.0725. The lowest BCUT2D eigenvalue weighted by Crippen LogP contribution is -2.45. The monoisotopic (exact) mass is 736 g/mol. The summed E-state index contributed by atoms with van der Waals surface area (Å²) in [5.74, 6) is 0.475. The van der Waals surface area contributed by atoms with Gasteiger partial charge in [-0.05, 0) is 103 Å². The maximum absolute atomic E-state index is 12.0.